The van der Waals surface area contributed by atoms with Crippen molar-refractivity contribution >= 4 is 11.8 Å². The highest BCUT2D eigenvalue weighted by Gasteiger charge is 2.64. The molecule has 138 valence electrons. The van der Waals surface area contributed by atoms with E-state index in [2.05, 4.69) is 33.9 Å². The highest BCUT2D eigenvalue weighted by Crippen LogP contribution is 2.67. The molecule has 0 spiro atoms. The predicted octanol–water partition coefficient (Wildman–Crippen LogP) is 4.86. The van der Waals surface area contributed by atoms with Crippen LogP contribution in [0.2, 0.25) is 0 Å². The minimum absolute atomic E-state index is 0.0137. The van der Waals surface area contributed by atoms with Gasteiger partial charge in [0, 0.05) is 30.1 Å². The molecule has 0 saturated heterocycles. The maximum absolute atomic E-state index is 13.0. The van der Waals surface area contributed by atoms with Gasteiger partial charge in [-0.2, -0.15) is 0 Å². The molecule has 3 aliphatic rings. The highest BCUT2D eigenvalue weighted by molar-refractivity contribution is 5.86. The monoisotopic (exact) mass is 344 g/mol. The molecule has 3 saturated carbocycles. The smallest absolute Gasteiger partial charge is 0.303 e. The Hall–Kier alpha value is -1.38. The van der Waals surface area contributed by atoms with Crippen molar-refractivity contribution in [1.29, 1.82) is 0 Å². The van der Waals surface area contributed by atoms with E-state index in [4.69, 9.17) is 4.74 Å². The Balaban J connectivity index is 2.17. The fourth-order valence-electron chi connectivity index (χ4n) is 6.11. The summed E-state index contributed by atoms with van der Waals surface area (Å²) in [5.74, 6) is 0.631. The first-order valence-corrected chi connectivity index (χ1v) is 9.63. The van der Waals surface area contributed by atoms with Crippen molar-refractivity contribution in [2.45, 2.75) is 72.3 Å². The van der Waals surface area contributed by atoms with Gasteiger partial charge in [0.25, 0.3) is 0 Å². The minimum Gasteiger partial charge on any atom is -0.457 e. The molecule has 0 aliphatic heterocycles. The number of ether oxygens (including phenoxy) is 1. The lowest BCUT2D eigenvalue weighted by molar-refractivity contribution is -0.154. The van der Waals surface area contributed by atoms with Crippen LogP contribution < -0.4 is 0 Å². The number of ketones is 1. The Bertz CT molecular complexity index is 635. The Morgan fingerprint density at radius 1 is 1.24 bits per heavy atom. The molecule has 0 aromatic rings. The van der Waals surface area contributed by atoms with E-state index in [0.717, 1.165) is 37.7 Å². The van der Waals surface area contributed by atoms with Crippen LogP contribution >= 0.6 is 0 Å². The van der Waals surface area contributed by atoms with Crippen LogP contribution in [0.25, 0.3) is 0 Å². The van der Waals surface area contributed by atoms with Crippen LogP contribution in [-0.4, -0.2) is 17.9 Å². The Morgan fingerprint density at radius 2 is 1.92 bits per heavy atom. The average molecular weight is 344 g/mol. The summed E-state index contributed by atoms with van der Waals surface area (Å²) in [4.78, 5) is 24.8. The third-order valence-corrected chi connectivity index (χ3v) is 8.01. The summed E-state index contributed by atoms with van der Waals surface area (Å²) in [7, 11) is 0. The van der Waals surface area contributed by atoms with Crippen molar-refractivity contribution < 1.29 is 14.3 Å². The molecule has 0 N–H and O–H groups in total. The maximum Gasteiger partial charge on any atom is 0.303 e. The Morgan fingerprint density at radius 3 is 2.52 bits per heavy atom. The van der Waals surface area contributed by atoms with Crippen LogP contribution in [0.1, 0.15) is 66.2 Å². The molecule has 3 aliphatic carbocycles. The van der Waals surface area contributed by atoms with Gasteiger partial charge in [-0.1, -0.05) is 33.4 Å². The molecule has 3 heteroatoms. The topological polar surface area (TPSA) is 43.4 Å². The molecule has 25 heavy (non-hydrogen) atoms. The molecular formula is C22H32O3. The van der Waals surface area contributed by atoms with Crippen LogP contribution in [0, 0.1) is 28.1 Å². The second kappa shape index (κ2) is 5.82. The average Bonchev–Trinajstić information content (AvgIpc) is 2.92. The van der Waals surface area contributed by atoms with Gasteiger partial charge < -0.3 is 4.74 Å². The van der Waals surface area contributed by atoms with E-state index in [9.17, 15) is 9.59 Å². The van der Waals surface area contributed by atoms with E-state index in [0.29, 0.717) is 18.1 Å². The quantitative estimate of drug-likeness (QED) is 0.530. The molecule has 0 radical (unpaired) electrons. The van der Waals surface area contributed by atoms with E-state index in [-0.39, 0.29) is 28.1 Å². The fraction of sp³-hybridized carbons (Fsp3) is 0.727. The molecule has 0 aromatic heterocycles. The van der Waals surface area contributed by atoms with Gasteiger partial charge in [-0.25, -0.2) is 0 Å². The van der Waals surface area contributed by atoms with E-state index in [1.807, 2.05) is 6.08 Å². The normalized spacial score (nSPS) is 46.8. The van der Waals surface area contributed by atoms with Crippen molar-refractivity contribution in [2.24, 2.45) is 28.1 Å². The molecule has 0 unspecified atom stereocenters. The van der Waals surface area contributed by atoms with Gasteiger partial charge in [-0.3, -0.25) is 9.59 Å². The summed E-state index contributed by atoms with van der Waals surface area (Å²) in [5, 5.41) is 0. The maximum atomic E-state index is 13.0. The SMILES string of the molecule is C=C[C@]1(C)CC[C@]2(C)[C@H](C)CC[C@]3(CCC(=O)[C@H]32)C(=C)[C@@H]1OC(C)=O. The largest absolute Gasteiger partial charge is 0.457 e. The van der Waals surface area contributed by atoms with Crippen LogP contribution in [-0.2, 0) is 14.3 Å². The molecule has 2 bridgehead atoms. The van der Waals surface area contributed by atoms with Crippen LogP contribution in [0.5, 0.6) is 0 Å². The highest BCUT2D eigenvalue weighted by atomic mass is 16.5. The number of carbonyl (C=O) groups excluding carboxylic acids is 2. The number of rotatable bonds is 2. The summed E-state index contributed by atoms with van der Waals surface area (Å²) >= 11 is 0. The summed E-state index contributed by atoms with van der Waals surface area (Å²) in [5.41, 5.74) is 0.382. The zero-order chi connectivity index (χ0) is 18.6. The van der Waals surface area contributed by atoms with Crippen molar-refractivity contribution in [3.63, 3.8) is 0 Å². The first-order chi connectivity index (χ1) is 11.6. The zero-order valence-electron chi connectivity index (χ0n) is 16.2. The second-order valence-electron chi connectivity index (χ2n) is 9.23. The summed E-state index contributed by atoms with van der Waals surface area (Å²) < 4.78 is 5.81. The fourth-order valence-corrected chi connectivity index (χ4v) is 6.11. The lowest BCUT2D eigenvalue weighted by atomic mass is 9.46. The number of Topliss-reactive ketones (excluding diaryl/α,β-unsaturated/α-hetero) is 1. The van der Waals surface area contributed by atoms with Gasteiger partial charge >= 0.3 is 5.97 Å². The second-order valence-corrected chi connectivity index (χ2v) is 9.23. The van der Waals surface area contributed by atoms with E-state index in [1.165, 1.54) is 6.92 Å². The minimum atomic E-state index is -0.395. The summed E-state index contributed by atoms with van der Waals surface area (Å²) in [6, 6.07) is 0. The number of hydrogen-bond donors (Lipinski definition) is 0. The van der Waals surface area contributed by atoms with Crippen molar-refractivity contribution in [1.82, 2.24) is 0 Å². The van der Waals surface area contributed by atoms with Gasteiger partial charge in [0.05, 0.1) is 0 Å². The number of carbonyl (C=O) groups is 2. The third kappa shape index (κ3) is 2.45. The first-order valence-electron chi connectivity index (χ1n) is 9.63. The predicted molar refractivity (Wildman–Crippen MR) is 98.9 cm³/mol. The third-order valence-electron chi connectivity index (χ3n) is 8.01. The molecule has 0 aromatic carbocycles. The summed E-state index contributed by atoms with van der Waals surface area (Å²) in [6.45, 7) is 16.7. The van der Waals surface area contributed by atoms with Crippen LogP contribution in [0.3, 0.4) is 0 Å². The molecule has 3 rings (SSSR count). The Kier molecular flexibility index (Phi) is 4.29. The van der Waals surface area contributed by atoms with Crippen LogP contribution in [0.4, 0.5) is 0 Å². The lowest BCUT2D eigenvalue weighted by Gasteiger charge is -2.58. The van der Waals surface area contributed by atoms with Gasteiger partial charge in [-0.15, -0.1) is 6.58 Å². The molecule has 3 fully saturated rings. The number of esters is 1. The summed E-state index contributed by atoms with van der Waals surface area (Å²) in [6.07, 6.45) is 6.92. The number of hydrogen-bond acceptors (Lipinski definition) is 3. The van der Waals surface area contributed by atoms with Crippen LogP contribution in [0.15, 0.2) is 24.8 Å². The molecule has 3 nitrogen and oxygen atoms in total. The van der Waals surface area contributed by atoms with E-state index in [1.54, 1.807) is 0 Å². The standard InChI is InChI=1S/C22H32O3/c1-7-20(5)12-13-21(6)14(2)8-10-22(11-9-17(24)18(21)22)15(3)19(20)25-16(4)23/h7,14,18-19H,1,3,8-13H2,2,4-6H3/t14-,18+,19+,20-,21-,22+/m1/s1. The Labute approximate surface area is 151 Å². The van der Waals surface area contributed by atoms with Crippen molar-refractivity contribution in [3.05, 3.63) is 24.8 Å². The lowest BCUT2D eigenvalue weighted by Crippen LogP contribution is -2.55. The zero-order valence-corrected chi connectivity index (χ0v) is 16.2. The first kappa shape index (κ1) is 18.4. The van der Waals surface area contributed by atoms with Gasteiger partial charge in [-0.05, 0) is 49.0 Å². The van der Waals surface area contributed by atoms with E-state index < -0.39 is 6.10 Å². The molecular weight excluding hydrogens is 312 g/mol. The molecule has 0 heterocycles. The molecule has 0 amide bonds. The van der Waals surface area contributed by atoms with E-state index >= 15 is 0 Å². The van der Waals surface area contributed by atoms with Gasteiger partial charge in [0.2, 0.25) is 0 Å². The molecule has 6 atom stereocenters. The van der Waals surface area contributed by atoms with Crippen molar-refractivity contribution in [2.75, 3.05) is 0 Å². The van der Waals surface area contributed by atoms with Gasteiger partial charge in [0.15, 0.2) is 0 Å². The van der Waals surface area contributed by atoms with Gasteiger partial charge in [0.1, 0.15) is 11.9 Å². The van der Waals surface area contributed by atoms with Crippen molar-refractivity contribution in [3.8, 4) is 0 Å².